The fourth-order valence-electron chi connectivity index (χ4n) is 7.35. The van der Waals surface area contributed by atoms with Gasteiger partial charge in [0.05, 0.1) is 5.69 Å². The van der Waals surface area contributed by atoms with Gasteiger partial charge in [-0.3, -0.25) is 0 Å². The van der Waals surface area contributed by atoms with Crippen molar-refractivity contribution < 1.29 is 4.42 Å². The lowest BCUT2D eigenvalue weighted by atomic mass is 9.96. The highest BCUT2D eigenvalue weighted by Crippen LogP contribution is 2.41. The average molecular weight is 639 g/mol. The van der Waals surface area contributed by atoms with Crippen molar-refractivity contribution in [2.45, 2.75) is 0 Å². The van der Waals surface area contributed by atoms with Gasteiger partial charge < -0.3 is 9.32 Å². The second-order valence-corrected chi connectivity index (χ2v) is 12.8. The van der Waals surface area contributed by atoms with Crippen molar-refractivity contribution in [3.8, 4) is 22.6 Å². The van der Waals surface area contributed by atoms with Crippen LogP contribution in [0.3, 0.4) is 0 Å². The minimum absolute atomic E-state index is 0.638. The number of fused-ring (bicyclic) bond motifs is 7. The van der Waals surface area contributed by atoms with Crippen LogP contribution in [0, 0.1) is 0 Å². The third-order valence-corrected chi connectivity index (χ3v) is 9.83. The number of oxazole rings is 1. The lowest BCUT2D eigenvalue weighted by Crippen LogP contribution is -2.10. The molecule has 50 heavy (non-hydrogen) atoms. The number of hydrogen-bond donors (Lipinski definition) is 0. The lowest BCUT2D eigenvalue weighted by molar-refractivity contribution is 0.623. The van der Waals surface area contributed by atoms with Gasteiger partial charge in [0.15, 0.2) is 5.58 Å². The van der Waals surface area contributed by atoms with E-state index in [1.807, 2.05) is 30.3 Å². The standard InChI is InChI=1S/C47H30N2O/c1-2-11-36(12-3-1)47-48-43-28-24-35-19-17-34-18-20-38(30-42(34)45(35)46(43)50-47)32-21-25-39(26-22-32)49(40-27-23-31-9-4-5-13-37(31)29-40)44-16-8-14-33-10-6-7-15-41(33)44/h1-30H. The number of aromatic nitrogens is 1. The summed E-state index contributed by atoms with van der Waals surface area (Å²) >= 11 is 0. The molecule has 3 nitrogen and oxygen atoms in total. The Morgan fingerprint density at radius 2 is 1.04 bits per heavy atom. The second kappa shape index (κ2) is 11.5. The molecule has 0 aliphatic rings. The molecule has 1 aromatic heterocycles. The van der Waals surface area contributed by atoms with Crippen LogP contribution in [0.25, 0.3) is 76.8 Å². The van der Waals surface area contributed by atoms with E-state index in [4.69, 9.17) is 9.40 Å². The quantitative estimate of drug-likeness (QED) is 0.176. The van der Waals surface area contributed by atoms with Gasteiger partial charge >= 0.3 is 0 Å². The van der Waals surface area contributed by atoms with E-state index in [-0.39, 0.29) is 0 Å². The van der Waals surface area contributed by atoms with E-state index < -0.39 is 0 Å². The van der Waals surface area contributed by atoms with Crippen molar-refractivity contribution in [1.82, 2.24) is 4.98 Å². The summed E-state index contributed by atoms with van der Waals surface area (Å²) in [5.41, 5.74) is 8.33. The van der Waals surface area contributed by atoms with Crippen LogP contribution in [-0.4, -0.2) is 4.98 Å². The molecule has 0 bridgehead atoms. The van der Waals surface area contributed by atoms with E-state index in [1.54, 1.807) is 0 Å². The SMILES string of the molecule is c1ccc(-c2nc3ccc4ccc5ccc(-c6ccc(N(c7ccc8ccccc8c7)c7cccc8ccccc78)cc6)cc5c4c3o2)cc1. The monoisotopic (exact) mass is 638 g/mol. The van der Waals surface area contributed by atoms with E-state index in [0.29, 0.717) is 5.89 Å². The summed E-state index contributed by atoms with van der Waals surface area (Å²) in [5, 5.41) is 9.41. The topological polar surface area (TPSA) is 29.3 Å². The van der Waals surface area contributed by atoms with E-state index in [9.17, 15) is 0 Å². The Kier molecular flexibility index (Phi) is 6.49. The van der Waals surface area contributed by atoms with Gasteiger partial charge in [-0.25, -0.2) is 4.98 Å². The highest BCUT2D eigenvalue weighted by Gasteiger charge is 2.17. The van der Waals surface area contributed by atoms with E-state index in [0.717, 1.165) is 61.0 Å². The number of nitrogens with zero attached hydrogens (tertiary/aromatic N) is 2. The van der Waals surface area contributed by atoms with E-state index in [1.165, 1.54) is 26.9 Å². The summed E-state index contributed by atoms with van der Waals surface area (Å²) < 4.78 is 6.49. The maximum Gasteiger partial charge on any atom is 0.227 e. The second-order valence-electron chi connectivity index (χ2n) is 12.8. The van der Waals surface area contributed by atoms with Crippen LogP contribution in [0.5, 0.6) is 0 Å². The molecule has 0 atom stereocenters. The molecule has 234 valence electrons. The molecule has 1 heterocycles. The Morgan fingerprint density at radius 3 is 1.92 bits per heavy atom. The Bertz CT molecular complexity index is 2870. The molecule has 10 rings (SSSR count). The first kappa shape index (κ1) is 28.3. The molecule has 0 spiro atoms. The van der Waals surface area contributed by atoms with Gasteiger partial charge in [-0.2, -0.15) is 0 Å². The van der Waals surface area contributed by atoms with Crippen LogP contribution in [0.1, 0.15) is 0 Å². The molecule has 0 fully saturated rings. The first-order valence-electron chi connectivity index (χ1n) is 17.0. The molecule has 0 aliphatic carbocycles. The fraction of sp³-hybridized carbons (Fsp3) is 0. The molecule has 0 aliphatic heterocycles. The van der Waals surface area contributed by atoms with Gasteiger partial charge in [0.1, 0.15) is 5.52 Å². The number of hydrogen-bond acceptors (Lipinski definition) is 3. The van der Waals surface area contributed by atoms with Gasteiger partial charge in [-0.15, -0.1) is 0 Å². The normalized spacial score (nSPS) is 11.6. The van der Waals surface area contributed by atoms with Crippen LogP contribution in [0.15, 0.2) is 186 Å². The summed E-state index contributed by atoms with van der Waals surface area (Å²) in [4.78, 5) is 7.23. The zero-order valence-corrected chi connectivity index (χ0v) is 27.1. The van der Waals surface area contributed by atoms with Crippen LogP contribution < -0.4 is 4.90 Å². The summed E-state index contributed by atoms with van der Waals surface area (Å²) in [6, 6.07) is 64.7. The molecule has 9 aromatic carbocycles. The summed E-state index contributed by atoms with van der Waals surface area (Å²) in [7, 11) is 0. The number of anilines is 3. The third-order valence-electron chi connectivity index (χ3n) is 9.83. The molecule has 0 unspecified atom stereocenters. The molecule has 0 saturated heterocycles. The van der Waals surface area contributed by atoms with Crippen molar-refractivity contribution in [2.75, 3.05) is 4.90 Å². The lowest BCUT2D eigenvalue weighted by Gasteiger charge is -2.27. The molecule has 0 N–H and O–H groups in total. The Hall–Kier alpha value is -6.71. The van der Waals surface area contributed by atoms with Gasteiger partial charge in [-0.1, -0.05) is 127 Å². The maximum absolute atomic E-state index is 6.49. The average Bonchev–Trinajstić information content (AvgIpc) is 3.63. The van der Waals surface area contributed by atoms with Crippen LogP contribution in [0.4, 0.5) is 17.1 Å². The van der Waals surface area contributed by atoms with Crippen molar-refractivity contribution >= 4 is 71.3 Å². The van der Waals surface area contributed by atoms with E-state index >= 15 is 0 Å². The summed E-state index contributed by atoms with van der Waals surface area (Å²) in [5.74, 6) is 0.638. The van der Waals surface area contributed by atoms with Crippen LogP contribution in [0.2, 0.25) is 0 Å². The first-order chi connectivity index (χ1) is 24.8. The smallest absolute Gasteiger partial charge is 0.227 e. The number of rotatable bonds is 5. The minimum atomic E-state index is 0.638. The van der Waals surface area contributed by atoms with Crippen LogP contribution in [-0.2, 0) is 0 Å². The highest BCUT2D eigenvalue weighted by molar-refractivity contribution is 6.18. The molecular formula is C47H30N2O. The van der Waals surface area contributed by atoms with Gasteiger partial charge in [0.25, 0.3) is 0 Å². The predicted molar refractivity (Wildman–Crippen MR) is 210 cm³/mol. The number of benzene rings is 9. The molecule has 10 aromatic rings. The van der Waals surface area contributed by atoms with Crippen LogP contribution >= 0.6 is 0 Å². The van der Waals surface area contributed by atoms with Gasteiger partial charge in [-0.05, 0) is 98.0 Å². The zero-order chi connectivity index (χ0) is 33.0. The third kappa shape index (κ3) is 4.71. The Morgan fingerprint density at radius 1 is 0.400 bits per heavy atom. The maximum atomic E-state index is 6.49. The van der Waals surface area contributed by atoms with Gasteiger partial charge in [0.2, 0.25) is 5.89 Å². The molecule has 0 saturated carbocycles. The molecule has 3 heteroatoms. The van der Waals surface area contributed by atoms with Gasteiger partial charge in [0, 0.05) is 27.7 Å². The molecular weight excluding hydrogens is 609 g/mol. The van der Waals surface area contributed by atoms with Crippen molar-refractivity contribution in [3.63, 3.8) is 0 Å². The van der Waals surface area contributed by atoms with E-state index in [2.05, 4.69) is 157 Å². The highest BCUT2D eigenvalue weighted by atomic mass is 16.3. The van der Waals surface area contributed by atoms with Crippen molar-refractivity contribution in [2.24, 2.45) is 0 Å². The zero-order valence-electron chi connectivity index (χ0n) is 27.1. The summed E-state index contributed by atoms with van der Waals surface area (Å²) in [6.45, 7) is 0. The Balaban J connectivity index is 1.10. The van der Waals surface area contributed by atoms with Crippen molar-refractivity contribution in [3.05, 3.63) is 182 Å². The molecule has 0 amide bonds. The molecule has 0 radical (unpaired) electrons. The largest absolute Gasteiger partial charge is 0.435 e. The first-order valence-corrected chi connectivity index (χ1v) is 17.0. The Labute approximate surface area is 289 Å². The van der Waals surface area contributed by atoms with Crippen molar-refractivity contribution in [1.29, 1.82) is 0 Å². The summed E-state index contributed by atoms with van der Waals surface area (Å²) in [6.07, 6.45) is 0. The predicted octanol–water partition coefficient (Wildman–Crippen LogP) is 13.2. The minimum Gasteiger partial charge on any atom is -0.435 e. The fourth-order valence-corrected chi connectivity index (χ4v) is 7.35.